The van der Waals surface area contributed by atoms with Gasteiger partial charge in [0.2, 0.25) is 0 Å². The molecular weight excluding hydrogens is 547 g/mol. The summed E-state index contributed by atoms with van der Waals surface area (Å²) in [7, 11) is 0. The third-order valence-corrected chi connectivity index (χ3v) is 6.80. The number of rotatable bonds is 10. The van der Waals surface area contributed by atoms with Crippen molar-refractivity contribution in [1.29, 1.82) is 0 Å². The molecule has 4 aromatic rings. The fourth-order valence-electron chi connectivity index (χ4n) is 4.46. The van der Waals surface area contributed by atoms with Crippen molar-refractivity contribution in [2.24, 2.45) is 0 Å². The lowest BCUT2D eigenvalue weighted by atomic mass is 10.2. The van der Waals surface area contributed by atoms with Gasteiger partial charge >= 0.3 is 6.18 Å². The highest BCUT2D eigenvalue weighted by Gasteiger charge is 2.33. The number of carbonyl (C=O) groups is 1. The van der Waals surface area contributed by atoms with Crippen LogP contribution < -0.4 is 15.4 Å². The van der Waals surface area contributed by atoms with E-state index in [-0.39, 0.29) is 23.3 Å². The SMILES string of the molecule is O=C(NCCCCN1CCCC1)c1cc(Oc2ccc3oc(Nc4ccc(Cl)c(C(F)(F)F)c4)nc3c2)ccn1. The van der Waals surface area contributed by atoms with Gasteiger partial charge in [0.25, 0.3) is 11.9 Å². The van der Waals surface area contributed by atoms with Crippen molar-refractivity contribution >= 4 is 40.3 Å². The molecule has 8 nitrogen and oxygen atoms in total. The predicted octanol–water partition coefficient (Wildman–Crippen LogP) is 7.04. The summed E-state index contributed by atoms with van der Waals surface area (Å²) in [5.74, 6) is 0.569. The van der Waals surface area contributed by atoms with Crippen LogP contribution >= 0.6 is 11.6 Å². The first kappa shape index (κ1) is 27.7. The Morgan fingerprint density at radius 3 is 2.65 bits per heavy atom. The van der Waals surface area contributed by atoms with Crippen LogP contribution in [0, 0.1) is 0 Å². The van der Waals surface area contributed by atoms with E-state index >= 15 is 0 Å². The molecule has 2 aromatic heterocycles. The molecular formula is C28H27ClF3N5O3. The average Bonchev–Trinajstić information content (AvgIpc) is 3.58. The highest BCUT2D eigenvalue weighted by Crippen LogP contribution is 2.37. The Hall–Kier alpha value is -3.83. The number of aromatic nitrogens is 2. The Bertz CT molecular complexity index is 1490. The largest absolute Gasteiger partial charge is 0.457 e. The fourth-order valence-corrected chi connectivity index (χ4v) is 4.69. The maximum absolute atomic E-state index is 13.2. The number of pyridine rings is 1. The van der Waals surface area contributed by atoms with Gasteiger partial charge in [-0.1, -0.05) is 11.6 Å². The van der Waals surface area contributed by atoms with Gasteiger partial charge in [-0.25, -0.2) is 0 Å². The number of amides is 1. The lowest BCUT2D eigenvalue weighted by molar-refractivity contribution is -0.137. The number of halogens is 4. The van der Waals surface area contributed by atoms with Gasteiger partial charge in [0.1, 0.15) is 22.7 Å². The number of oxazole rings is 1. The summed E-state index contributed by atoms with van der Waals surface area (Å²) in [5, 5.41) is 5.23. The number of nitrogens with zero attached hydrogens (tertiary/aromatic N) is 3. The number of nitrogens with one attached hydrogen (secondary N) is 2. The second-order valence-electron chi connectivity index (χ2n) is 9.46. The zero-order chi connectivity index (χ0) is 28.1. The second-order valence-corrected chi connectivity index (χ2v) is 9.86. The lowest BCUT2D eigenvalue weighted by Gasteiger charge is -2.14. The molecule has 3 heterocycles. The molecule has 210 valence electrons. The second kappa shape index (κ2) is 12.1. The number of likely N-dealkylation sites (tertiary alicyclic amines) is 1. The molecule has 2 aromatic carbocycles. The van der Waals surface area contributed by atoms with Crippen molar-refractivity contribution in [2.75, 3.05) is 31.5 Å². The van der Waals surface area contributed by atoms with E-state index in [0.717, 1.165) is 31.5 Å². The van der Waals surface area contributed by atoms with Crippen LogP contribution in [0.25, 0.3) is 11.1 Å². The first-order valence-corrected chi connectivity index (χ1v) is 13.3. The Balaban J connectivity index is 1.19. The molecule has 1 saturated heterocycles. The van der Waals surface area contributed by atoms with E-state index in [1.54, 1.807) is 30.3 Å². The van der Waals surface area contributed by atoms with Crippen LogP contribution in [-0.4, -0.2) is 47.0 Å². The van der Waals surface area contributed by atoms with Crippen molar-refractivity contribution in [3.8, 4) is 11.5 Å². The summed E-state index contributed by atoms with van der Waals surface area (Å²) < 4.78 is 51.0. The Labute approximate surface area is 233 Å². The molecule has 40 heavy (non-hydrogen) atoms. The maximum atomic E-state index is 13.2. The first-order valence-electron chi connectivity index (χ1n) is 12.9. The molecule has 0 spiro atoms. The Morgan fingerprint density at radius 1 is 1.05 bits per heavy atom. The van der Waals surface area contributed by atoms with E-state index < -0.39 is 16.8 Å². The summed E-state index contributed by atoms with van der Waals surface area (Å²) >= 11 is 5.68. The Kier molecular flexibility index (Phi) is 8.41. The Morgan fingerprint density at radius 2 is 1.85 bits per heavy atom. The zero-order valence-corrected chi connectivity index (χ0v) is 22.2. The lowest BCUT2D eigenvalue weighted by Crippen LogP contribution is -2.26. The van der Waals surface area contributed by atoms with E-state index in [9.17, 15) is 18.0 Å². The van der Waals surface area contributed by atoms with Crippen molar-refractivity contribution in [1.82, 2.24) is 20.2 Å². The van der Waals surface area contributed by atoms with E-state index in [1.807, 2.05) is 0 Å². The quantitative estimate of drug-likeness (QED) is 0.197. The van der Waals surface area contributed by atoms with Crippen LogP contribution in [0.4, 0.5) is 24.9 Å². The molecule has 0 aliphatic carbocycles. The number of anilines is 2. The van der Waals surface area contributed by atoms with Crippen LogP contribution in [0.1, 0.15) is 41.7 Å². The topological polar surface area (TPSA) is 92.5 Å². The molecule has 1 aliphatic heterocycles. The molecule has 0 saturated carbocycles. The summed E-state index contributed by atoms with van der Waals surface area (Å²) in [6, 6.07) is 11.5. The van der Waals surface area contributed by atoms with Crippen LogP contribution in [0.3, 0.4) is 0 Å². The van der Waals surface area contributed by atoms with E-state index in [0.29, 0.717) is 29.1 Å². The third kappa shape index (κ3) is 7.02. The number of hydrogen-bond acceptors (Lipinski definition) is 7. The summed E-state index contributed by atoms with van der Waals surface area (Å²) in [6.45, 7) is 3.97. The number of benzene rings is 2. The van der Waals surface area contributed by atoms with Gasteiger partial charge in [-0.2, -0.15) is 18.2 Å². The van der Waals surface area contributed by atoms with Gasteiger partial charge in [0.15, 0.2) is 5.58 Å². The molecule has 0 atom stereocenters. The third-order valence-electron chi connectivity index (χ3n) is 6.47. The van der Waals surface area contributed by atoms with Crippen molar-refractivity contribution in [3.63, 3.8) is 0 Å². The van der Waals surface area contributed by atoms with Gasteiger partial charge in [-0.15, -0.1) is 0 Å². The monoisotopic (exact) mass is 573 g/mol. The summed E-state index contributed by atoms with van der Waals surface area (Å²) in [4.78, 5) is 23.4. The van der Waals surface area contributed by atoms with E-state index in [1.165, 1.54) is 38.2 Å². The fraction of sp³-hybridized carbons (Fsp3) is 0.321. The number of carbonyl (C=O) groups excluding carboxylic acids is 1. The number of hydrogen-bond donors (Lipinski definition) is 2. The average molecular weight is 574 g/mol. The molecule has 0 radical (unpaired) electrons. The molecule has 0 unspecified atom stereocenters. The minimum absolute atomic E-state index is 0.00546. The number of alkyl halides is 3. The standard InChI is InChI=1S/C28H27ClF3N5O3/c29-22-7-5-18(15-21(22)28(30,31)32)35-27-36-23-16-19(6-8-25(23)40-27)39-20-9-11-33-24(17-20)26(38)34-10-1-2-12-37-13-3-4-14-37/h5-9,11,15-17H,1-4,10,12-14H2,(H,34,38)(H,35,36). The van der Waals surface area contributed by atoms with Gasteiger partial charge < -0.3 is 24.7 Å². The van der Waals surface area contributed by atoms with E-state index in [2.05, 4.69) is 25.5 Å². The van der Waals surface area contributed by atoms with E-state index in [4.69, 9.17) is 20.8 Å². The van der Waals surface area contributed by atoms with Crippen molar-refractivity contribution in [3.05, 3.63) is 71.0 Å². The maximum Gasteiger partial charge on any atom is 0.417 e. The van der Waals surface area contributed by atoms with Crippen molar-refractivity contribution in [2.45, 2.75) is 31.9 Å². The number of unbranched alkanes of at least 4 members (excludes halogenated alkanes) is 1. The van der Waals surface area contributed by atoms with Crippen LogP contribution in [0.2, 0.25) is 5.02 Å². The van der Waals surface area contributed by atoms with Gasteiger partial charge in [-0.3, -0.25) is 9.78 Å². The molecule has 12 heteroatoms. The zero-order valence-electron chi connectivity index (χ0n) is 21.4. The highest BCUT2D eigenvalue weighted by atomic mass is 35.5. The highest BCUT2D eigenvalue weighted by molar-refractivity contribution is 6.31. The molecule has 1 amide bonds. The van der Waals surface area contributed by atoms with Gasteiger partial charge in [-0.05, 0) is 81.7 Å². The summed E-state index contributed by atoms with van der Waals surface area (Å²) in [6.07, 6.45) is 1.37. The summed E-state index contributed by atoms with van der Waals surface area (Å²) in [5.41, 5.74) is 0.223. The smallest absolute Gasteiger partial charge is 0.417 e. The van der Waals surface area contributed by atoms with Gasteiger partial charge in [0.05, 0.1) is 10.6 Å². The van der Waals surface area contributed by atoms with Crippen LogP contribution in [0.5, 0.6) is 11.5 Å². The molecule has 2 N–H and O–H groups in total. The first-order chi connectivity index (χ1) is 19.2. The van der Waals surface area contributed by atoms with Crippen molar-refractivity contribution < 1.29 is 27.1 Å². The molecule has 1 fully saturated rings. The number of ether oxygens (including phenoxy) is 1. The number of fused-ring (bicyclic) bond motifs is 1. The van der Waals surface area contributed by atoms with Crippen LogP contribution in [-0.2, 0) is 6.18 Å². The molecule has 1 aliphatic rings. The predicted molar refractivity (Wildman–Crippen MR) is 145 cm³/mol. The van der Waals surface area contributed by atoms with Gasteiger partial charge in [0, 0.05) is 30.6 Å². The minimum atomic E-state index is -4.59. The normalized spacial score (nSPS) is 14.0. The minimum Gasteiger partial charge on any atom is -0.457 e. The van der Waals surface area contributed by atoms with Crippen LogP contribution in [0.15, 0.2) is 59.1 Å². The molecule has 5 rings (SSSR count). The molecule has 0 bridgehead atoms.